The summed E-state index contributed by atoms with van der Waals surface area (Å²) in [6.45, 7) is 3.61. The number of amides is 2. The maximum absolute atomic E-state index is 11.7. The molecule has 1 aromatic carbocycles. The van der Waals surface area contributed by atoms with Gasteiger partial charge in [0.2, 0.25) is 11.8 Å². The fourth-order valence-electron chi connectivity index (χ4n) is 1.86. The number of rotatable bonds is 5. The maximum Gasteiger partial charge on any atom is 0.278 e. The molecule has 1 aliphatic heterocycles. The van der Waals surface area contributed by atoms with Crippen molar-refractivity contribution in [3.05, 3.63) is 52.2 Å². The minimum absolute atomic E-state index is 0.117. The quantitative estimate of drug-likeness (QED) is 0.407. The molecule has 0 radical (unpaired) electrons. The number of hydrazine groups is 1. The van der Waals surface area contributed by atoms with Crippen LogP contribution >= 0.6 is 0 Å². The maximum atomic E-state index is 11.7. The van der Waals surface area contributed by atoms with Crippen LogP contribution in [-0.2, 0) is 9.59 Å². The number of hydrogen-bond acceptors (Lipinski definition) is 6. The Morgan fingerprint density at radius 2 is 2.18 bits per heavy atom. The molecule has 1 unspecified atom stereocenters. The highest BCUT2D eigenvalue weighted by Crippen LogP contribution is 2.16. The van der Waals surface area contributed by atoms with Crippen molar-refractivity contribution in [1.29, 1.82) is 0 Å². The number of nitro groups is 1. The molecule has 1 fully saturated rings. The molecule has 114 valence electrons. The Labute approximate surface area is 125 Å². The molecule has 3 N–H and O–H groups in total. The SMILES string of the molecule is C=C1NNC(=O)C1CC(=O)NN=Cc1ccccc1[N+](=O)[O-]. The molecule has 2 amide bonds. The molecule has 9 nitrogen and oxygen atoms in total. The first-order valence-electron chi connectivity index (χ1n) is 6.29. The van der Waals surface area contributed by atoms with Crippen molar-refractivity contribution in [3.8, 4) is 0 Å². The van der Waals surface area contributed by atoms with E-state index in [1.807, 2.05) is 0 Å². The van der Waals surface area contributed by atoms with Gasteiger partial charge in [0, 0.05) is 18.2 Å². The first kappa shape index (κ1) is 15.2. The Balaban J connectivity index is 1.95. The fraction of sp³-hybridized carbons (Fsp3) is 0.154. The number of nitrogens with one attached hydrogen (secondary N) is 3. The summed E-state index contributed by atoms with van der Waals surface area (Å²) in [5, 5.41) is 14.5. The van der Waals surface area contributed by atoms with Gasteiger partial charge in [0.25, 0.3) is 5.69 Å². The molecule has 1 aromatic rings. The molecule has 1 atom stereocenters. The van der Waals surface area contributed by atoms with Crippen LogP contribution in [0, 0.1) is 16.0 Å². The summed E-state index contributed by atoms with van der Waals surface area (Å²) in [4.78, 5) is 33.4. The van der Waals surface area contributed by atoms with Crippen molar-refractivity contribution in [2.24, 2.45) is 11.0 Å². The van der Waals surface area contributed by atoms with Crippen molar-refractivity contribution >= 4 is 23.7 Å². The monoisotopic (exact) mass is 303 g/mol. The number of nitro benzene ring substituents is 1. The van der Waals surface area contributed by atoms with E-state index in [0.717, 1.165) is 0 Å². The third kappa shape index (κ3) is 3.45. The van der Waals surface area contributed by atoms with Gasteiger partial charge in [-0.3, -0.25) is 25.1 Å². The second-order valence-electron chi connectivity index (χ2n) is 4.51. The minimum atomic E-state index is -0.665. The number of carbonyl (C=O) groups is 2. The average molecular weight is 303 g/mol. The number of carbonyl (C=O) groups excluding carboxylic acids is 2. The number of benzene rings is 1. The van der Waals surface area contributed by atoms with Gasteiger partial charge in [0.15, 0.2) is 0 Å². The molecular weight excluding hydrogens is 290 g/mol. The molecule has 2 rings (SSSR count). The smallest absolute Gasteiger partial charge is 0.278 e. The first-order valence-corrected chi connectivity index (χ1v) is 6.29. The molecule has 0 aromatic heterocycles. The molecule has 1 saturated heterocycles. The molecule has 1 aliphatic rings. The highest BCUT2D eigenvalue weighted by molar-refractivity contribution is 5.90. The van der Waals surface area contributed by atoms with E-state index in [9.17, 15) is 19.7 Å². The highest BCUT2D eigenvalue weighted by atomic mass is 16.6. The lowest BCUT2D eigenvalue weighted by Crippen LogP contribution is -2.27. The minimum Gasteiger partial charge on any atom is -0.302 e. The van der Waals surface area contributed by atoms with E-state index in [1.54, 1.807) is 6.07 Å². The zero-order valence-corrected chi connectivity index (χ0v) is 11.4. The topological polar surface area (TPSA) is 126 Å². The van der Waals surface area contributed by atoms with E-state index >= 15 is 0 Å². The van der Waals surface area contributed by atoms with Gasteiger partial charge in [0.1, 0.15) is 0 Å². The lowest BCUT2D eigenvalue weighted by atomic mass is 10.0. The van der Waals surface area contributed by atoms with E-state index in [0.29, 0.717) is 5.70 Å². The van der Waals surface area contributed by atoms with Gasteiger partial charge in [-0.25, -0.2) is 5.43 Å². The zero-order chi connectivity index (χ0) is 16.1. The second-order valence-corrected chi connectivity index (χ2v) is 4.51. The number of para-hydroxylation sites is 1. The Kier molecular flexibility index (Phi) is 4.47. The molecule has 9 heteroatoms. The van der Waals surface area contributed by atoms with Crippen LogP contribution in [0.5, 0.6) is 0 Å². The third-order valence-electron chi connectivity index (χ3n) is 3.00. The Morgan fingerprint density at radius 3 is 2.82 bits per heavy atom. The van der Waals surface area contributed by atoms with Crippen LogP contribution in [0.1, 0.15) is 12.0 Å². The van der Waals surface area contributed by atoms with Crippen LogP contribution in [0.25, 0.3) is 0 Å². The summed E-state index contributed by atoms with van der Waals surface area (Å²) >= 11 is 0. The lowest BCUT2D eigenvalue weighted by Gasteiger charge is -2.05. The van der Waals surface area contributed by atoms with Crippen LogP contribution in [0.4, 0.5) is 5.69 Å². The number of nitrogens with zero attached hydrogens (tertiary/aromatic N) is 2. The van der Waals surface area contributed by atoms with Crippen LogP contribution < -0.4 is 16.3 Å². The van der Waals surface area contributed by atoms with Gasteiger partial charge in [-0.15, -0.1) is 0 Å². The summed E-state index contributed by atoms with van der Waals surface area (Å²) in [5.74, 6) is -1.51. The Bertz CT molecular complexity index is 654. The van der Waals surface area contributed by atoms with Crippen molar-refractivity contribution in [2.75, 3.05) is 0 Å². The molecule has 1 heterocycles. The largest absolute Gasteiger partial charge is 0.302 e. The Hall–Kier alpha value is -3.23. The van der Waals surface area contributed by atoms with Gasteiger partial charge in [-0.05, 0) is 6.07 Å². The molecule has 0 spiro atoms. The number of hydrogen-bond donors (Lipinski definition) is 3. The molecular formula is C13H13N5O4. The van der Waals surface area contributed by atoms with E-state index in [4.69, 9.17) is 0 Å². The predicted octanol–water partition coefficient (Wildman–Crippen LogP) is 0.199. The summed E-state index contributed by atoms with van der Waals surface area (Å²) < 4.78 is 0. The summed E-state index contributed by atoms with van der Waals surface area (Å²) in [7, 11) is 0. The molecule has 22 heavy (non-hydrogen) atoms. The van der Waals surface area contributed by atoms with Gasteiger partial charge < -0.3 is 5.43 Å². The molecule has 0 saturated carbocycles. The summed E-state index contributed by atoms with van der Waals surface area (Å²) in [5.41, 5.74) is 7.66. The van der Waals surface area contributed by atoms with E-state index < -0.39 is 16.7 Å². The zero-order valence-electron chi connectivity index (χ0n) is 11.4. The van der Waals surface area contributed by atoms with E-state index in [1.165, 1.54) is 24.4 Å². The van der Waals surface area contributed by atoms with Crippen LogP contribution in [0.2, 0.25) is 0 Å². The first-order chi connectivity index (χ1) is 10.5. The lowest BCUT2D eigenvalue weighted by molar-refractivity contribution is -0.385. The van der Waals surface area contributed by atoms with Crippen LogP contribution in [0.15, 0.2) is 41.6 Å². The van der Waals surface area contributed by atoms with Crippen molar-refractivity contribution in [3.63, 3.8) is 0 Å². The van der Waals surface area contributed by atoms with Crippen molar-refractivity contribution in [1.82, 2.24) is 16.3 Å². The average Bonchev–Trinajstić information content (AvgIpc) is 2.79. The summed E-state index contributed by atoms with van der Waals surface area (Å²) in [6, 6.07) is 5.99. The van der Waals surface area contributed by atoms with Gasteiger partial charge >= 0.3 is 0 Å². The van der Waals surface area contributed by atoms with Gasteiger partial charge in [-0.1, -0.05) is 18.7 Å². The van der Waals surface area contributed by atoms with Crippen molar-refractivity contribution < 1.29 is 14.5 Å². The third-order valence-corrected chi connectivity index (χ3v) is 3.00. The highest BCUT2D eigenvalue weighted by Gasteiger charge is 2.29. The standard InChI is InChI=1S/C13H13N5O4/c1-8-10(13(20)17-15-8)6-12(19)16-14-7-9-4-2-3-5-11(9)18(21)22/h2-5,7,10,15H,1,6H2,(H,16,19)(H,17,20). The number of hydrazone groups is 1. The van der Waals surface area contributed by atoms with Gasteiger partial charge in [-0.2, -0.15) is 5.10 Å². The Morgan fingerprint density at radius 1 is 1.45 bits per heavy atom. The van der Waals surface area contributed by atoms with Crippen LogP contribution in [0.3, 0.4) is 0 Å². The summed E-state index contributed by atoms with van der Waals surface area (Å²) in [6.07, 6.45) is 1.06. The predicted molar refractivity (Wildman–Crippen MR) is 77.4 cm³/mol. The normalized spacial score (nSPS) is 17.2. The van der Waals surface area contributed by atoms with E-state index in [2.05, 4.69) is 28.0 Å². The molecule has 0 bridgehead atoms. The van der Waals surface area contributed by atoms with Crippen molar-refractivity contribution in [2.45, 2.75) is 6.42 Å². The van der Waals surface area contributed by atoms with Crippen LogP contribution in [-0.4, -0.2) is 23.0 Å². The van der Waals surface area contributed by atoms with E-state index in [-0.39, 0.29) is 23.6 Å². The molecule has 0 aliphatic carbocycles. The fourth-order valence-corrected chi connectivity index (χ4v) is 1.86. The second kappa shape index (κ2) is 6.48. The van der Waals surface area contributed by atoms with Gasteiger partial charge in [0.05, 0.1) is 22.6 Å².